The summed E-state index contributed by atoms with van der Waals surface area (Å²) < 4.78 is 6.87. The van der Waals surface area contributed by atoms with E-state index in [1.807, 2.05) is 24.3 Å². The molecule has 1 rings (SSSR count). The second-order valence-electron chi connectivity index (χ2n) is 5.08. The predicted octanol–water partition coefficient (Wildman–Crippen LogP) is 3.85. The third-order valence-corrected chi connectivity index (χ3v) is 3.00. The largest absolute Gasteiger partial charge is 0.493 e. The van der Waals surface area contributed by atoms with Crippen LogP contribution in [0.2, 0.25) is 0 Å². The molecule has 0 atom stereocenters. The first kappa shape index (κ1) is 14.5. The number of hydrogen-bond donors (Lipinski definition) is 1. The molecule has 1 N–H and O–H groups in total. The van der Waals surface area contributed by atoms with Crippen LogP contribution >= 0.6 is 15.9 Å². The lowest BCUT2D eigenvalue weighted by molar-refractivity contribution is 0.176. The zero-order valence-electron chi connectivity index (χ0n) is 10.9. The van der Waals surface area contributed by atoms with Crippen molar-refractivity contribution in [2.75, 3.05) is 19.7 Å². The maximum absolute atomic E-state index is 5.80. The Morgan fingerprint density at radius 3 is 2.47 bits per heavy atom. The van der Waals surface area contributed by atoms with E-state index < -0.39 is 0 Å². The standard InChI is InChI=1S/C14H22BrNO/c1-4-9-16-10-14(2,3)11-17-13-7-5-12(15)6-8-13/h5-8,16H,4,9-11H2,1-3H3. The maximum atomic E-state index is 5.80. The Balaban J connectivity index is 2.35. The van der Waals surface area contributed by atoms with Gasteiger partial charge in [-0.15, -0.1) is 0 Å². The molecule has 0 fully saturated rings. The molecular formula is C14H22BrNO. The summed E-state index contributed by atoms with van der Waals surface area (Å²) in [6.45, 7) is 9.39. The summed E-state index contributed by atoms with van der Waals surface area (Å²) >= 11 is 3.41. The summed E-state index contributed by atoms with van der Waals surface area (Å²) in [5.74, 6) is 0.928. The van der Waals surface area contributed by atoms with Gasteiger partial charge in [-0.05, 0) is 37.2 Å². The van der Waals surface area contributed by atoms with E-state index >= 15 is 0 Å². The van der Waals surface area contributed by atoms with Crippen molar-refractivity contribution in [2.24, 2.45) is 5.41 Å². The van der Waals surface area contributed by atoms with Gasteiger partial charge in [0.05, 0.1) is 6.61 Å². The molecule has 0 saturated heterocycles. The highest BCUT2D eigenvalue weighted by Gasteiger charge is 2.18. The van der Waals surface area contributed by atoms with Gasteiger partial charge in [-0.1, -0.05) is 36.7 Å². The molecule has 1 aromatic rings. The number of halogens is 1. The Labute approximate surface area is 113 Å². The van der Waals surface area contributed by atoms with Crippen molar-refractivity contribution < 1.29 is 4.74 Å². The van der Waals surface area contributed by atoms with Gasteiger partial charge in [-0.3, -0.25) is 0 Å². The quantitative estimate of drug-likeness (QED) is 0.772. The fraction of sp³-hybridized carbons (Fsp3) is 0.571. The molecule has 0 saturated carbocycles. The Bertz CT molecular complexity index is 321. The molecule has 0 unspecified atom stereocenters. The van der Waals surface area contributed by atoms with Crippen molar-refractivity contribution in [3.8, 4) is 5.75 Å². The Morgan fingerprint density at radius 1 is 1.24 bits per heavy atom. The Kier molecular flexibility index (Phi) is 6.00. The van der Waals surface area contributed by atoms with Crippen LogP contribution in [0.3, 0.4) is 0 Å². The molecule has 0 spiro atoms. The lowest BCUT2D eigenvalue weighted by Crippen LogP contribution is -2.34. The molecule has 0 aliphatic carbocycles. The smallest absolute Gasteiger partial charge is 0.119 e. The van der Waals surface area contributed by atoms with Crippen LogP contribution in [-0.2, 0) is 0 Å². The molecule has 0 aromatic heterocycles. The van der Waals surface area contributed by atoms with E-state index in [9.17, 15) is 0 Å². The first-order valence-electron chi connectivity index (χ1n) is 6.12. The minimum absolute atomic E-state index is 0.155. The molecule has 0 bridgehead atoms. The van der Waals surface area contributed by atoms with Gasteiger partial charge in [0.2, 0.25) is 0 Å². The molecule has 3 heteroatoms. The first-order valence-corrected chi connectivity index (χ1v) is 6.92. The van der Waals surface area contributed by atoms with Crippen molar-refractivity contribution in [1.29, 1.82) is 0 Å². The van der Waals surface area contributed by atoms with Gasteiger partial charge < -0.3 is 10.1 Å². The third-order valence-electron chi connectivity index (χ3n) is 2.47. The molecule has 0 aliphatic heterocycles. The van der Waals surface area contributed by atoms with E-state index in [1.165, 1.54) is 6.42 Å². The molecule has 17 heavy (non-hydrogen) atoms. The summed E-state index contributed by atoms with van der Waals surface area (Å²) in [5, 5.41) is 3.43. The van der Waals surface area contributed by atoms with Crippen LogP contribution in [0.15, 0.2) is 28.7 Å². The minimum atomic E-state index is 0.155. The van der Waals surface area contributed by atoms with Crippen LogP contribution in [0.5, 0.6) is 5.75 Å². The van der Waals surface area contributed by atoms with Gasteiger partial charge in [0.1, 0.15) is 5.75 Å². The monoisotopic (exact) mass is 299 g/mol. The van der Waals surface area contributed by atoms with Crippen LogP contribution in [0.4, 0.5) is 0 Å². The molecule has 0 heterocycles. The molecule has 2 nitrogen and oxygen atoms in total. The van der Waals surface area contributed by atoms with Gasteiger partial charge in [-0.2, -0.15) is 0 Å². The van der Waals surface area contributed by atoms with E-state index in [4.69, 9.17) is 4.74 Å². The SMILES string of the molecule is CCCNCC(C)(C)COc1ccc(Br)cc1. The zero-order valence-corrected chi connectivity index (χ0v) is 12.5. The lowest BCUT2D eigenvalue weighted by Gasteiger charge is -2.25. The van der Waals surface area contributed by atoms with Crippen molar-refractivity contribution in [1.82, 2.24) is 5.32 Å². The van der Waals surface area contributed by atoms with E-state index in [0.717, 1.165) is 29.9 Å². The topological polar surface area (TPSA) is 21.3 Å². The molecular weight excluding hydrogens is 278 g/mol. The summed E-state index contributed by atoms with van der Waals surface area (Å²) in [5.41, 5.74) is 0.155. The summed E-state index contributed by atoms with van der Waals surface area (Å²) in [4.78, 5) is 0. The van der Waals surface area contributed by atoms with E-state index in [2.05, 4.69) is 42.0 Å². The van der Waals surface area contributed by atoms with E-state index in [1.54, 1.807) is 0 Å². The summed E-state index contributed by atoms with van der Waals surface area (Å²) in [7, 11) is 0. The molecule has 0 amide bonds. The summed E-state index contributed by atoms with van der Waals surface area (Å²) in [6.07, 6.45) is 1.17. The number of ether oxygens (including phenoxy) is 1. The first-order chi connectivity index (χ1) is 8.03. The van der Waals surface area contributed by atoms with Crippen molar-refractivity contribution >= 4 is 15.9 Å². The van der Waals surface area contributed by atoms with Gasteiger partial charge in [0.25, 0.3) is 0 Å². The second-order valence-corrected chi connectivity index (χ2v) is 6.00. The van der Waals surface area contributed by atoms with Gasteiger partial charge >= 0.3 is 0 Å². The lowest BCUT2D eigenvalue weighted by atomic mass is 9.95. The van der Waals surface area contributed by atoms with E-state index in [0.29, 0.717) is 0 Å². The Morgan fingerprint density at radius 2 is 1.88 bits per heavy atom. The minimum Gasteiger partial charge on any atom is -0.493 e. The fourth-order valence-corrected chi connectivity index (χ4v) is 1.73. The highest BCUT2D eigenvalue weighted by molar-refractivity contribution is 9.10. The van der Waals surface area contributed by atoms with Crippen LogP contribution < -0.4 is 10.1 Å². The normalized spacial score (nSPS) is 11.5. The highest BCUT2D eigenvalue weighted by Crippen LogP contribution is 2.20. The van der Waals surface area contributed by atoms with Crippen LogP contribution in [0, 0.1) is 5.41 Å². The number of rotatable bonds is 7. The number of nitrogens with one attached hydrogen (secondary N) is 1. The maximum Gasteiger partial charge on any atom is 0.119 e. The summed E-state index contributed by atoms with van der Waals surface area (Å²) in [6, 6.07) is 7.97. The predicted molar refractivity (Wildman–Crippen MR) is 76.6 cm³/mol. The molecule has 0 radical (unpaired) electrons. The molecule has 0 aliphatic rings. The fourth-order valence-electron chi connectivity index (χ4n) is 1.46. The van der Waals surface area contributed by atoms with Gasteiger partial charge in [0.15, 0.2) is 0 Å². The van der Waals surface area contributed by atoms with Crippen LogP contribution in [0.1, 0.15) is 27.2 Å². The molecule has 96 valence electrons. The molecule has 1 aromatic carbocycles. The highest BCUT2D eigenvalue weighted by atomic mass is 79.9. The Hall–Kier alpha value is -0.540. The van der Waals surface area contributed by atoms with Gasteiger partial charge in [-0.25, -0.2) is 0 Å². The van der Waals surface area contributed by atoms with Crippen LogP contribution in [-0.4, -0.2) is 19.7 Å². The number of hydrogen-bond acceptors (Lipinski definition) is 2. The van der Waals surface area contributed by atoms with Crippen molar-refractivity contribution in [3.05, 3.63) is 28.7 Å². The van der Waals surface area contributed by atoms with Crippen molar-refractivity contribution in [2.45, 2.75) is 27.2 Å². The third kappa shape index (κ3) is 6.08. The van der Waals surface area contributed by atoms with Crippen LogP contribution in [0.25, 0.3) is 0 Å². The van der Waals surface area contributed by atoms with Crippen molar-refractivity contribution in [3.63, 3.8) is 0 Å². The van der Waals surface area contributed by atoms with Gasteiger partial charge in [0, 0.05) is 16.4 Å². The average Bonchev–Trinajstić information content (AvgIpc) is 2.29. The van der Waals surface area contributed by atoms with E-state index in [-0.39, 0.29) is 5.41 Å². The number of benzene rings is 1. The average molecular weight is 300 g/mol. The zero-order chi connectivity index (χ0) is 12.7. The second kappa shape index (κ2) is 7.02.